The third-order valence-corrected chi connectivity index (χ3v) is 2.23. The number of carbonyl (C=O) groups is 1. The van der Waals surface area contributed by atoms with E-state index >= 15 is 0 Å². The third-order valence-electron chi connectivity index (χ3n) is 2.23. The number of aliphatic carboxylic acids is 1. The van der Waals surface area contributed by atoms with E-state index in [0.717, 1.165) is 0 Å². The Kier molecular flexibility index (Phi) is 2.86. The lowest BCUT2D eigenvalue weighted by atomic mass is 9.83. The Bertz CT molecular complexity index is 321. The predicted molar refractivity (Wildman–Crippen MR) is 50.6 cm³/mol. The highest BCUT2D eigenvalue weighted by atomic mass is 16.4. The zero-order chi connectivity index (χ0) is 10.8. The van der Waals surface area contributed by atoms with Crippen LogP contribution in [0, 0.1) is 5.41 Å². The molecule has 0 spiro atoms. The van der Waals surface area contributed by atoms with Crippen LogP contribution >= 0.6 is 0 Å². The normalized spacial score (nSPS) is 13.6. The molecular formula is C10H13NO3. The van der Waals surface area contributed by atoms with E-state index in [4.69, 9.17) is 5.11 Å². The van der Waals surface area contributed by atoms with Crippen LogP contribution in [0.25, 0.3) is 0 Å². The van der Waals surface area contributed by atoms with E-state index in [1.165, 1.54) is 20.0 Å². The number of pyridine rings is 1. The maximum Gasteiger partial charge on any atom is 0.312 e. The van der Waals surface area contributed by atoms with Gasteiger partial charge in [0.25, 0.3) is 0 Å². The SMILES string of the molecule is CC(C)(C(=O)O)C(O)c1cccnc1. The quantitative estimate of drug-likeness (QED) is 0.760. The molecule has 1 rings (SSSR count). The molecule has 76 valence electrons. The van der Waals surface area contributed by atoms with Crippen molar-refractivity contribution < 1.29 is 15.0 Å². The summed E-state index contributed by atoms with van der Waals surface area (Å²) in [5.74, 6) is -1.03. The van der Waals surface area contributed by atoms with E-state index in [0.29, 0.717) is 5.56 Å². The first-order valence-electron chi connectivity index (χ1n) is 4.27. The fraction of sp³-hybridized carbons (Fsp3) is 0.400. The zero-order valence-electron chi connectivity index (χ0n) is 8.14. The highest BCUT2D eigenvalue weighted by Gasteiger charge is 2.36. The van der Waals surface area contributed by atoms with Gasteiger partial charge in [0.1, 0.15) is 0 Å². The molecule has 14 heavy (non-hydrogen) atoms. The Balaban J connectivity index is 2.96. The number of hydrogen-bond donors (Lipinski definition) is 2. The number of aliphatic hydroxyl groups excluding tert-OH is 1. The molecule has 0 aliphatic carbocycles. The van der Waals surface area contributed by atoms with Crippen LogP contribution in [0.5, 0.6) is 0 Å². The van der Waals surface area contributed by atoms with E-state index in [1.54, 1.807) is 18.3 Å². The van der Waals surface area contributed by atoms with Crippen LogP contribution < -0.4 is 0 Å². The molecule has 1 atom stereocenters. The smallest absolute Gasteiger partial charge is 0.312 e. The molecular weight excluding hydrogens is 182 g/mol. The molecule has 4 heteroatoms. The molecule has 0 saturated heterocycles. The van der Waals surface area contributed by atoms with Crippen molar-refractivity contribution in [3.8, 4) is 0 Å². The minimum absolute atomic E-state index is 0.514. The Labute approximate surface area is 82.2 Å². The lowest BCUT2D eigenvalue weighted by Gasteiger charge is -2.25. The molecule has 0 saturated carbocycles. The van der Waals surface area contributed by atoms with Gasteiger partial charge in [-0.25, -0.2) is 0 Å². The van der Waals surface area contributed by atoms with Crippen molar-refractivity contribution in [3.05, 3.63) is 30.1 Å². The molecule has 1 aromatic rings. The van der Waals surface area contributed by atoms with Crippen LogP contribution in [0.4, 0.5) is 0 Å². The van der Waals surface area contributed by atoms with E-state index in [-0.39, 0.29) is 0 Å². The lowest BCUT2D eigenvalue weighted by molar-refractivity contribution is -0.153. The van der Waals surface area contributed by atoms with Gasteiger partial charge in [0.2, 0.25) is 0 Å². The van der Waals surface area contributed by atoms with Crippen LogP contribution in [0.2, 0.25) is 0 Å². The highest BCUT2D eigenvalue weighted by molar-refractivity contribution is 5.74. The van der Waals surface area contributed by atoms with Crippen LogP contribution in [0.3, 0.4) is 0 Å². The number of carboxylic acid groups (broad SMARTS) is 1. The molecule has 0 fully saturated rings. The number of nitrogens with zero attached hydrogens (tertiary/aromatic N) is 1. The van der Waals surface area contributed by atoms with Crippen LogP contribution in [0.1, 0.15) is 25.5 Å². The Morgan fingerprint density at radius 2 is 2.21 bits per heavy atom. The summed E-state index contributed by atoms with van der Waals surface area (Å²) in [7, 11) is 0. The standard InChI is InChI=1S/C10H13NO3/c1-10(2,9(13)14)8(12)7-4-3-5-11-6-7/h3-6,8,12H,1-2H3,(H,13,14). The van der Waals surface area contributed by atoms with Gasteiger partial charge in [0.15, 0.2) is 0 Å². The molecule has 4 nitrogen and oxygen atoms in total. The van der Waals surface area contributed by atoms with Gasteiger partial charge in [-0.2, -0.15) is 0 Å². The van der Waals surface area contributed by atoms with Crippen LogP contribution in [-0.4, -0.2) is 21.2 Å². The first-order valence-corrected chi connectivity index (χ1v) is 4.27. The van der Waals surface area contributed by atoms with Gasteiger partial charge in [-0.05, 0) is 25.5 Å². The van der Waals surface area contributed by atoms with Gasteiger partial charge >= 0.3 is 5.97 Å². The number of carboxylic acids is 1. The summed E-state index contributed by atoms with van der Waals surface area (Å²) in [6.07, 6.45) is 1.99. The number of rotatable bonds is 3. The summed E-state index contributed by atoms with van der Waals surface area (Å²) < 4.78 is 0. The maximum atomic E-state index is 10.9. The molecule has 0 amide bonds. The molecule has 0 aromatic carbocycles. The fourth-order valence-corrected chi connectivity index (χ4v) is 1.07. The van der Waals surface area contributed by atoms with Gasteiger partial charge in [-0.1, -0.05) is 6.07 Å². The Morgan fingerprint density at radius 3 is 2.64 bits per heavy atom. The molecule has 1 aromatic heterocycles. The van der Waals surface area contributed by atoms with E-state index in [9.17, 15) is 9.90 Å². The topological polar surface area (TPSA) is 70.4 Å². The van der Waals surface area contributed by atoms with Crippen molar-refractivity contribution in [2.24, 2.45) is 5.41 Å². The predicted octanol–water partition coefficient (Wildman–Crippen LogP) is 1.23. The number of hydrogen-bond acceptors (Lipinski definition) is 3. The van der Waals surface area contributed by atoms with Crippen molar-refractivity contribution in [1.29, 1.82) is 0 Å². The number of aromatic nitrogens is 1. The fourth-order valence-electron chi connectivity index (χ4n) is 1.07. The van der Waals surface area contributed by atoms with Crippen molar-refractivity contribution in [2.75, 3.05) is 0 Å². The first kappa shape index (κ1) is 10.7. The second-order valence-electron chi connectivity index (χ2n) is 3.72. The van der Waals surface area contributed by atoms with Gasteiger partial charge in [0.05, 0.1) is 11.5 Å². The summed E-state index contributed by atoms with van der Waals surface area (Å²) in [5.41, 5.74) is -0.692. The molecule has 1 unspecified atom stereocenters. The average molecular weight is 195 g/mol. The summed E-state index contributed by atoms with van der Waals surface area (Å²) in [5, 5.41) is 18.7. The molecule has 0 radical (unpaired) electrons. The second kappa shape index (κ2) is 3.75. The van der Waals surface area contributed by atoms with Gasteiger partial charge in [0, 0.05) is 12.4 Å². The zero-order valence-corrected chi connectivity index (χ0v) is 8.14. The van der Waals surface area contributed by atoms with Gasteiger partial charge in [-0.15, -0.1) is 0 Å². The first-order chi connectivity index (χ1) is 6.46. The summed E-state index contributed by atoms with van der Waals surface area (Å²) in [4.78, 5) is 14.7. The molecule has 2 N–H and O–H groups in total. The Morgan fingerprint density at radius 1 is 1.57 bits per heavy atom. The van der Waals surface area contributed by atoms with Gasteiger partial charge < -0.3 is 10.2 Å². The van der Waals surface area contributed by atoms with E-state index < -0.39 is 17.5 Å². The summed E-state index contributed by atoms with van der Waals surface area (Å²) in [6, 6.07) is 3.32. The van der Waals surface area contributed by atoms with Crippen LogP contribution in [0.15, 0.2) is 24.5 Å². The van der Waals surface area contributed by atoms with Crippen molar-refractivity contribution in [2.45, 2.75) is 20.0 Å². The summed E-state index contributed by atoms with van der Waals surface area (Å²) in [6.45, 7) is 2.96. The summed E-state index contributed by atoms with van der Waals surface area (Å²) >= 11 is 0. The van der Waals surface area contributed by atoms with Crippen molar-refractivity contribution in [3.63, 3.8) is 0 Å². The highest BCUT2D eigenvalue weighted by Crippen LogP contribution is 2.32. The minimum atomic E-state index is -1.21. The molecule has 0 aliphatic heterocycles. The largest absolute Gasteiger partial charge is 0.481 e. The van der Waals surface area contributed by atoms with E-state index in [1.807, 2.05) is 0 Å². The lowest BCUT2D eigenvalue weighted by Crippen LogP contribution is -2.31. The third kappa shape index (κ3) is 1.90. The second-order valence-corrected chi connectivity index (χ2v) is 3.72. The van der Waals surface area contributed by atoms with Crippen molar-refractivity contribution in [1.82, 2.24) is 4.98 Å². The Hall–Kier alpha value is -1.42. The van der Waals surface area contributed by atoms with Crippen LogP contribution in [-0.2, 0) is 4.79 Å². The molecule has 0 bridgehead atoms. The molecule has 1 heterocycles. The van der Waals surface area contributed by atoms with E-state index in [2.05, 4.69) is 4.98 Å². The number of aliphatic hydroxyl groups is 1. The average Bonchev–Trinajstić information content (AvgIpc) is 2.17. The molecule has 0 aliphatic rings. The maximum absolute atomic E-state index is 10.9. The van der Waals surface area contributed by atoms with Crippen molar-refractivity contribution >= 4 is 5.97 Å². The minimum Gasteiger partial charge on any atom is -0.481 e. The monoisotopic (exact) mass is 195 g/mol. The van der Waals surface area contributed by atoms with Gasteiger partial charge in [-0.3, -0.25) is 9.78 Å².